The number of hydrogen-bond donors (Lipinski definition) is 2. The number of rotatable bonds is 6. The molecule has 0 aromatic heterocycles. The van der Waals surface area contributed by atoms with Gasteiger partial charge >= 0.3 is 11.9 Å². The molecule has 1 aromatic carbocycles. The minimum absolute atomic E-state index is 0.00287. The lowest BCUT2D eigenvalue weighted by Gasteiger charge is -2.07. The SMILES string of the molecule is O=C(CC(C(=O)O)C(=O)O)c1ccc(C(F)F)cc1. The van der Waals surface area contributed by atoms with Crippen LogP contribution in [0.2, 0.25) is 0 Å². The van der Waals surface area contributed by atoms with Crippen molar-refractivity contribution in [3.05, 3.63) is 35.4 Å². The summed E-state index contributed by atoms with van der Waals surface area (Å²) < 4.78 is 24.6. The number of ketones is 1. The normalized spacial score (nSPS) is 10.7. The first-order valence-electron chi connectivity index (χ1n) is 5.20. The van der Waals surface area contributed by atoms with Gasteiger partial charge in [-0.25, -0.2) is 8.78 Å². The summed E-state index contributed by atoms with van der Waals surface area (Å²) in [5.74, 6) is -5.81. The predicted molar refractivity (Wildman–Crippen MR) is 59.1 cm³/mol. The third kappa shape index (κ3) is 3.84. The zero-order valence-corrected chi connectivity index (χ0v) is 9.55. The average molecular weight is 272 g/mol. The number of carbonyl (C=O) groups excluding carboxylic acids is 1. The summed E-state index contributed by atoms with van der Waals surface area (Å²) >= 11 is 0. The number of carbonyl (C=O) groups is 3. The highest BCUT2D eigenvalue weighted by Gasteiger charge is 2.28. The topological polar surface area (TPSA) is 91.7 Å². The van der Waals surface area contributed by atoms with Gasteiger partial charge in [0.2, 0.25) is 0 Å². The van der Waals surface area contributed by atoms with E-state index in [9.17, 15) is 23.2 Å². The number of carboxylic acids is 2. The highest BCUT2D eigenvalue weighted by atomic mass is 19.3. The number of Topliss-reactive ketones (excluding diaryl/α,β-unsaturated/α-hetero) is 1. The Morgan fingerprint density at radius 2 is 1.47 bits per heavy atom. The van der Waals surface area contributed by atoms with Crippen LogP contribution in [0.15, 0.2) is 24.3 Å². The minimum Gasteiger partial charge on any atom is -0.481 e. The van der Waals surface area contributed by atoms with Crippen LogP contribution in [0, 0.1) is 5.92 Å². The van der Waals surface area contributed by atoms with Gasteiger partial charge in [0.25, 0.3) is 6.43 Å². The monoisotopic (exact) mass is 272 g/mol. The fourth-order valence-corrected chi connectivity index (χ4v) is 1.40. The third-order valence-corrected chi connectivity index (χ3v) is 2.47. The molecule has 0 aliphatic heterocycles. The van der Waals surface area contributed by atoms with Crippen LogP contribution < -0.4 is 0 Å². The molecule has 1 rings (SSSR count). The third-order valence-electron chi connectivity index (χ3n) is 2.47. The molecule has 0 amide bonds. The molecule has 102 valence electrons. The first-order valence-corrected chi connectivity index (χ1v) is 5.20. The maximum Gasteiger partial charge on any atom is 0.318 e. The van der Waals surface area contributed by atoms with E-state index in [-0.39, 0.29) is 11.1 Å². The Balaban J connectivity index is 2.83. The summed E-state index contributed by atoms with van der Waals surface area (Å²) in [5, 5.41) is 17.2. The van der Waals surface area contributed by atoms with Gasteiger partial charge < -0.3 is 10.2 Å². The summed E-state index contributed by atoms with van der Waals surface area (Å²) in [6.45, 7) is 0. The second kappa shape index (κ2) is 6.03. The van der Waals surface area contributed by atoms with Crippen LogP contribution >= 0.6 is 0 Å². The molecule has 1 aromatic rings. The molecule has 0 bridgehead atoms. The molecule has 0 aliphatic rings. The number of alkyl halides is 2. The van der Waals surface area contributed by atoms with Crippen molar-refractivity contribution in [3.63, 3.8) is 0 Å². The lowest BCUT2D eigenvalue weighted by Crippen LogP contribution is -2.26. The van der Waals surface area contributed by atoms with Gasteiger partial charge in [0.15, 0.2) is 11.7 Å². The zero-order valence-electron chi connectivity index (χ0n) is 9.55. The molecule has 0 atom stereocenters. The van der Waals surface area contributed by atoms with Gasteiger partial charge in [0, 0.05) is 17.5 Å². The summed E-state index contributed by atoms with van der Waals surface area (Å²) in [7, 11) is 0. The van der Waals surface area contributed by atoms with Crippen LogP contribution in [0.3, 0.4) is 0 Å². The fourth-order valence-electron chi connectivity index (χ4n) is 1.40. The van der Waals surface area contributed by atoms with Gasteiger partial charge in [0.1, 0.15) is 0 Å². The molecule has 0 heterocycles. The molecular weight excluding hydrogens is 262 g/mol. The minimum atomic E-state index is -2.67. The van der Waals surface area contributed by atoms with Gasteiger partial charge in [0.05, 0.1) is 0 Å². The zero-order chi connectivity index (χ0) is 14.6. The molecule has 0 fully saturated rings. The first kappa shape index (κ1) is 14.7. The van der Waals surface area contributed by atoms with Crippen molar-refractivity contribution in [1.29, 1.82) is 0 Å². The molecule has 19 heavy (non-hydrogen) atoms. The van der Waals surface area contributed by atoms with Crippen molar-refractivity contribution in [1.82, 2.24) is 0 Å². The van der Waals surface area contributed by atoms with E-state index >= 15 is 0 Å². The molecule has 5 nitrogen and oxygen atoms in total. The Morgan fingerprint density at radius 1 is 1.00 bits per heavy atom. The van der Waals surface area contributed by atoms with E-state index in [0.29, 0.717) is 0 Å². The summed E-state index contributed by atoms with van der Waals surface area (Å²) in [4.78, 5) is 32.9. The predicted octanol–water partition coefficient (Wildman–Crippen LogP) is 1.98. The van der Waals surface area contributed by atoms with Crippen molar-refractivity contribution in [2.45, 2.75) is 12.8 Å². The highest BCUT2D eigenvalue weighted by molar-refractivity contribution is 6.03. The standard InChI is InChI=1S/C12H10F2O5/c13-10(14)7-3-1-6(2-4-7)9(15)5-8(11(16)17)12(18)19/h1-4,8,10H,5H2,(H,16,17)(H,18,19). The lowest BCUT2D eigenvalue weighted by molar-refractivity contribution is -0.154. The molecule has 0 radical (unpaired) electrons. The van der Waals surface area contributed by atoms with Gasteiger partial charge in [-0.05, 0) is 0 Å². The molecule has 0 aliphatic carbocycles. The summed E-state index contributed by atoms with van der Waals surface area (Å²) in [6.07, 6.45) is -3.39. The number of halogens is 2. The summed E-state index contributed by atoms with van der Waals surface area (Å²) in [6, 6.07) is 4.30. The number of aliphatic carboxylic acids is 2. The van der Waals surface area contributed by atoms with E-state index in [4.69, 9.17) is 10.2 Å². The number of benzene rings is 1. The summed E-state index contributed by atoms with van der Waals surface area (Å²) in [5.41, 5.74) is -0.276. The fraction of sp³-hybridized carbons (Fsp3) is 0.250. The van der Waals surface area contributed by atoms with Crippen molar-refractivity contribution in [3.8, 4) is 0 Å². The smallest absolute Gasteiger partial charge is 0.318 e. The Bertz CT molecular complexity index is 481. The van der Waals surface area contributed by atoms with E-state index in [0.717, 1.165) is 24.3 Å². The average Bonchev–Trinajstić information content (AvgIpc) is 2.34. The van der Waals surface area contributed by atoms with Crippen LogP contribution in [0.1, 0.15) is 28.8 Å². The van der Waals surface area contributed by atoms with E-state index in [1.165, 1.54) is 0 Å². The second-order valence-corrected chi connectivity index (χ2v) is 3.78. The van der Waals surface area contributed by atoms with E-state index in [2.05, 4.69) is 0 Å². The van der Waals surface area contributed by atoms with E-state index in [1.807, 2.05) is 0 Å². The Morgan fingerprint density at radius 3 is 1.84 bits per heavy atom. The van der Waals surface area contributed by atoms with Crippen LogP contribution in [-0.2, 0) is 9.59 Å². The Labute approximate surface area is 106 Å². The second-order valence-electron chi connectivity index (χ2n) is 3.78. The molecule has 7 heteroatoms. The molecule has 0 unspecified atom stereocenters. The Kier molecular flexibility index (Phi) is 4.68. The van der Waals surface area contributed by atoms with Crippen molar-refractivity contribution >= 4 is 17.7 Å². The molecule has 0 spiro atoms. The van der Waals surface area contributed by atoms with E-state index < -0.39 is 36.5 Å². The van der Waals surface area contributed by atoms with Crippen LogP contribution in [0.4, 0.5) is 8.78 Å². The van der Waals surface area contributed by atoms with Crippen molar-refractivity contribution in [2.24, 2.45) is 5.92 Å². The van der Waals surface area contributed by atoms with Gasteiger partial charge in [-0.1, -0.05) is 24.3 Å². The molecule has 0 saturated carbocycles. The lowest BCUT2D eigenvalue weighted by atomic mass is 9.98. The maximum atomic E-state index is 12.3. The Hall–Kier alpha value is -2.31. The number of hydrogen-bond acceptors (Lipinski definition) is 3. The number of carboxylic acid groups (broad SMARTS) is 2. The first-order chi connectivity index (χ1) is 8.82. The van der Waals surface area contributed by atoms with Crippen molar-refractivity contribution < 1.29 is 33.4 Å². The largest absolute Gasteiger partial charge is 0.481 e. The molecule has 2 N–H and O–H groups in total. The van der Waals surface area contributed by atoms with Gasteiger partial charge in [-0.2, -0.15) is 0 Å². The molecule has 0 saturated heterocycles. The van der Waals surface area contributed by atoms with Crippen molar-refractivity contribution in [2.75, 3.05) is 0 Å². The molecular formula is C12H10F2O5. The van der Waals surface area contributed by atoms with Crippen LogP contribution in [0.5, 0.6) is 0 Å². The highest BCUT2D eigenvalue weighted by Crippen LogP contribution is 2.20. The van der Waals surface area contributed by atoms with E-state index in [1.54, 1.807) is 0 Å². The maximum absolute atomic E-state index is 12.3. The van der Waals surface area contributed by atoms with Crippen LogP contribution in [-0.4, -0.2) is 27.9 Å². The van der Waals surface area contributed by atoms with Gasteiger partial charge in [-0.15, -0.1) is 0 Å². The van der Waals surface area contributed by atoms with Crippen LogP contribution in [0.25, 0.3) is 0 Å². The van der Waals surface area contributed by atoms with Gasteiger partial charge in [-0.3, -0.25) is 14.4 Å². The quantitative estimate of drug-likeness (QED) is 0.610.